The molecule has 2 atom stereocenters. The summed E-state index contributed by atoms with van der Waals surface area (Å²) < 4.78 is 6.76. The molecule has 2 aromatic carbocycles. The minimum Gasteiger partial charge on any atom is -0.454 e. The summed E-state index contributed by atoms with van der Waals surface area (Å²) in [5, 5.41) is 2.42. The zero-order valence-corrected chi connectivity index (χ0v) is 22.6. The Morgan fingerprint density at radius 1 is 1.03 bits per heavy atom. The molecular formula is C32H44N2O. The summed E-state index contributed by atoms with van der Waals surface area (Å²) in [6.07, 6.45) is 16.1. The molecule has 0 spiro atoms. The van der Waals surface area contributed by atoms with Gasteiger partial charge in [0.1, 0.15) is 5.58 Å². The highest BCUT2D eigenvalue weighted by atomic mass is 16.3. The Labute approximate surface area is 212 Å². The summed E-state index contributed by atoms with van der Waals surface area (Å²) in [5.41, 5.74) is 5.88. The van der Waals surface area contributed by atoms with Crippen molar-refractivity contribution in [1.82, 2.24) is 4.90 Å². The normalized spacial score (nSPS) is 17.9. The van der Waals surface area contributed by atoms with Gasteiger partial charge in [-0.1, -0.05) is 76.8 Å². The molecule has 35 heavy (non-hydrogen) atoms. The first-order valence-electron chi connectivity index (χ1n) is 13.8. The first-order valence-corrected chi connectivity index (χ1v) is 13.8. The number of hydrogen-bond donors (Lipinski definition) is 0. The number of furan rings is 1. The maximum Gasteiger partial charge on any atom is 0.159 e. The lowest BCUT2D eigenvalue weighted by Crippen LogP contribution is -2.41. The number of rotatable bonds is 11. The van der Waals surface area contributed by atoms with Gasteiger partial charge in [0, 0.05) is 48.2 Å². The van der Waals surface area contributed by atoms with Gasteiger partial charge < -0.3 is 14.2 Å². The summed E-state index contributed by atoms with van der Waals surface area (Å²) in [4.78, 5) is 4.70. The number of anilines is 1. The van der Waals surface area contributed by atoms with Crippen LogP contribution in [-0.2, 0) is 11.8 Å². The number of hydrogen-bond acceptors (Lipinski definition) is 3. The topological polar surface area (TPSA) is 19.6 Å². The van der Waals surface area contributed by atoms with E-state index in [1.807, 2.05) is 0 Å². The van der Waals surface area contributed by atoms with Gasteiger partial charge in [-0.05, 0) is 49.8 Å². The van der Waals surface area contributed by atoms with Crippen LogP contribution in [0.15, 0.2) is 59.8 Å². The predicted molar refractivity (Wildman–Crippen MR) is 152 cm³/mol. The van der Waals surface area contributed by atoms with Crippen LogP contribution < -0.4 is 4.90 Å². The molecule has 0 amide bonds. The Hall–Kier alpha value is -2.68. The van der Waals surface area contributed by atoms with Crippen LogP contribution in [-0.4, -0.2) is 24.5 Å². The zero-order chi connectivity index (χ0) is 25.0. The molecule has 0 N–H and O–H groups in total. The number of benzene rings is 2. The van der Waals surface area contributed by atoms with E-state index in [2.05, 4.69) is 99.9 Å². The summed E-state index contributed by atoms with van der Waals surface area (Å²) in [5.74, 6) is 0. The number of unbranched alkanes of at least 4 members (excludes halogenated alkanes) is 3. The van der Waals surface area contributed by atoms with Crippen LogP contribution in [0.3, 0.4) is 0 Å². The molecule has 0 aliphatic carbocycles. The standard InChI is InChI=1S/C32H44N2O/c1-7-11-12-13-14-25-15-16-26-27-17-18-28(32(9-3,10-4)19-8-2)30(31(27)35-29(26)22-25)34-21-20-33(6)23-24(34)5/h9,15-18,20-22,24H,3,7-8,10-14,19,23H2,1-2,4-6H3/t24-,32?/m0/s1. The van der Waals surface area contributed by atoms with E-state index in [0.717, 1.165) is 43.4 Å². The van der Waals surface area contributed by atoms with Crippen molar-refractivity contribution in [2.24, 2.45) is 0 Å². The molecule has 3 nitrogen and oxygen atoms in total. The molecule has 188 valence electrons. The fraction of sp³-hybridized carbons (Fsp3) is 0.500. The second-order valence-electron chi connectivity index (χ2n) is 10.5. The molecule has 3 aromatic rings. The Balaban J connectivity index is 1.90. The Morgan fingerprint density at radius 2 is 1.83 bits per heavy atom. The van der Waals surface area contributed by atoms with Crippen LogP contribution in [0.25, 0.3) is 21.9 Å². The number of likely N-dealkylation sites (N-methyl/N-ethyl adjacent to an activating group) is 1. The number of fused-ring (bicyclic) bond motifs is 3. The third-order valence-corrected chi connectivity index (χ3v) is 8.02. The fourth-order valence-electron chi connectivity index (χ4n) is 5.94. The van der Waals surface area contributed by atoms with Crippen LogP contribution in [0.1, 0.15) is 83.8 Å². The molecule has 0 fully saturated rings. The van der Waals surface area contributed by atoms with Crippen molar-refractivity contribution < 1.29 is 4.42 Å². The SMILES string of the molecule is C=CC(CC)(CCC)c1ccc2c(oc3cc(CCCCCC)ccc32)c1N1C=CN(C)C[C@@H]1C. The molecule has 1 aliphatic rings. The van der Waals surface area contributed by atoms with E-state index < -0.39 is 0 Å². The van der Waals surface area contributed by atoms with Gasteiger partial charge in [0.15, 0.2) is 5.58 Å². The van der Waals surface area contributed by atoms with E-state index in [4.69, 9.17) is 4.42 Å². The molecule has 1 aliphatic heterocycles. The number of nitrogens with zero attached hydrogens (tertiary/aromatic N) is 2. The van der Waals surface area contributed by atoms with Gasteiger partial charge >= 0.3 is 0 Å². The van der Waals surface area contributed by atoms with Crippen molar-refractivity contribution in [3.63, 3.8) is 0 Å². The van der Waals surface area contributed by atoms with E-state index in [0.29, 0.717) is 6.04 Å². The molecule has 0 bridgehead atoms. The molecular weight excluding hydrogens is 428 g/mol. The monoisotopic (exact) mass is 472 g/mol. The van der Waals surface area contributed by atoms with Crippen LogP contribution in [0.2, 0.25) is 0 Å². The Morgan fingerprint density at radius 3 is 2.51 bits per heavy atom. The second-order valence-corrected chi connectivity index (χ2v) is 10.5. The third-order valence-electron chi connectivity index (χ3n) is 8.02. The van der Waals surface area contributed by atoms with Crippen LogP contribution in [0.5, 0.6) is 0 Å². The van der Waals surface area contributed by atoms with Gasteiger partial charge in [-0.25, -0.2) is 0 Å². The van der Waals surface area contributed by atoms with Crippen molar-refractivity contribution in [3.8, 4) is 0 Å². The van der Waals surface area contributed by atoms with Crippen molar-refractivity contribution in [1.29, 1.82) is 0 Å². The van der Waals surface area contributed by atoms with E-state index in [1.54, 1.807) is 0 Å². The van der Waals surface area contributed by atoms with Crippen LogP contribution in [0.4, 0.5) is 5.69 Å². The first kappa shape index (κ1) is 25.4. The quantitative estimate of drug-likeness (QED) is 0.205. The highest BCUT2D eigenvalue weighted by Crippen LogP contribution is 2.46. The van der Waals surface area contributed by atoms with Gasteiger partial charge in [0.2, 0.25) is 0 Å². The average molecular weight is 473 g/mol. The number of allylic oxidation sites excluding steroid dienone is 1. The largest absolute Gasteiger partial charge is 0.454 e. The lowest BCUT2D eigenvalue weighted by molar-refractivity contribution is 0.395. The maximum absolute atomic E-state index is 6.76. The molecule has 0 radical (unpaired) electrons. The fourth-order valence-corrected chi connectivity index (χ4v) is 5.94. The molecule has 2 heterocycles. The molecule has 0 saturated heterocycles. The smallest absolute Gasteiger partial charge is 0.159 e. The molecule has 4 rings (SSSR count). The van der Waals surface area contributed by atoms with E-state index in [1.165, 1.54) is 53.3 Å². The van der Waals surface area contributed by atoms with Crippen molar-refractivity contribution in [3.05, 3.63) is 66.5 Å². The first-order chi connectivity index (χ1) is 17.0. The van der Waals surface area contributed by atoms with Gasteiger partial charge in [-0.2, -0.15) is 0 Å². The molecule has 1 unspecified atom stereocenters. The predicted octanol–water partition coefficient (Wildman–Crippen LogP) is 8.95. The average Bonchev–Trinajstić information content (AvgIpc) is 3.23. The van der Waals surface area contributed by atoms with Crippen molar-refractivity contribution in [2.75, 3.05) is 18.5 Å². The summed E-state index contributed by atoms with van der Waals surface area (Å²) >= 11 is 0. The summed E-state index contributed by atoms with van der Waals surface area (Å²) in [7, 11) is 2.15. The maximum atomic E-state index is 6.76. The number of aryl methyl sites for hydroxylation is 1. The highest BCUT2D eigenvalue weighted by molar-refractivity contribution is 6.10. The summed E-state index contributed by atoms with van der Waals surface area (Å²) in [6.45, 7) is 14.4. The molecule has 1 aromatic heterocycles. The Bertz CT molecular complexity index is 1190. The van der Waals surface area contributed by atoms with Crippen LogP contribution in [0, 0.1) is 0 Å². The molecule has 0 saturated carbocycles. The lowest BCUT2D eigenvalue weighted by atomic mass is 9.73. The van der Waals surface area contributed by atoms with Gasteiger partial charge in [0.05, 0.1) is 5.69 Å². The highest BCUT2D eigenvalue weighted by Gasteiger charge is 2.34. The molecule has 3 heteroatoms. The van der Waals surface area contributed by atoms with E-state index in [-0.39, 0.29) is 5.41 Å². The van der Waals surface area contributed by atoms with E-state index >= 15 is 0 Å². The lowest BCUT2D eigenvalue weighted by Gasteiger charge is -2.40. The van der Waals surface area contributed by atoms with Crippen molar-refractivity contribution >= 4 is 27.6 Å². The van der Waals surface area contributed by atoms with Crippen molar-refractivity contribution in [2.45, 2.75) is 90.5 Å². The minimum absolute atomic E-state index is 0.0708. The third kappa shape index (κ3) is 4.87. The summed E-state index contributed by atoms with van der Waals surface area (Å²) in [6, 6.07) is 11.8. The van der Waals surface area contributed by atoms with Gasteiger partial charge in [-0.3, -0.25) is 0 Å². The van der Waals surface area contributed by atoms with Gasteiger partial charge in [-0.15, -0.1) is 6.58 Å². The van der Waals surface area contributed by atoms with Gasteiger partial charge in [0.25, 0.3) is 0 Å². The zero-order valence-electron chi connectivity index (χ0n) is 22.6. The second kappa shape index (κ2) is 10.9. The van der Waals surface area contributed by atoms with E-state index in [9.17, 15) is 0 Å². The van der Waals surface area contributed by atoms with Crippen LogP contribution >= 0.6 is 0 Å². The minimum atomic E-state index is -0.0708. The Kier molecular flexibility index (Phi) is 7.94.